The van der Waals surface area contributed by atoms with Gasteiger partial charge in [-0.1, -0.05) is 13.3 Å². The third kappa shape index (κ3) is 3.85. The van der Waals surface area contributed by atoms with Gasteiger partial charge in [-0.3, -0.25) is 10.1 Å². The predicted octanol–water partition coefficient (Wildman–Crippen LogP) is 2.00. The molecule has 1 aromatic rings. The van der Waals surface area contributed by atoms with Crippen LogP contribution in [0.5, 0.6) is 0 Å². The van der Waals surface area contributed by atoms with Crippen LogP contribution in [0.15, 0.2) is 6.07 Å². The van der Waals surface area contributed by atoms with Crippen LogP contribution < -0.4 is 11.1 Å². The maximum atomic E-state index is 12.1. The van der Waals surface area contributed by atoms with Gasteiger partial charge >= 0.3 is 12.0 Å². The summed E-state index contributed by atoms with van der Waals surface area (Å²) in [5, 5.41) is 1.89. The van der Waals surface area contributed by atoms with Gasteiger partial charge in [0, 0.05) is 4.88 Å². The second-order valence-electron chi connectivity index (χ2n) is 5.48. The van der Waals surface area contributed by atoms with Gasteiger partial charge in [0.1, 0.15) is 4.88 Å². The molecule has 3 amide bonds. The monoisotopic (exact) mass is 324 g/mol. The zero-order valence-electron chi connectivity index (χ0n) is 12.7. The maximum Gasteiger partial charge on any atom is 0.349 e. The number of hydrogen-bond acceptors (Lipinski definition) is 5. The van der Waals surface area contributed by atoms with Crippen LogP contribution in [0.3, 0.4) is 0 Å². The quantitative estimate of drug-likeness (QED) is 0.828. The molecule has 1 aliphatic rings. The Bertz CT molecular complexity index is 596. The molecule has 2 atom stereocenters. The van der Waals surface area contributed by atoms with E-state index in [9.17, 15) is 14.4 Å². The standard InChI is InChI=1S/C15H20N2O4S/c1-3-9-4-5-11-10(6-9)7-12(22-11)14(19)21-8(2)13(18)17-15(16)20/h7-9H,3-6H2,1-2H3,(H3,16,17,18,20)/t8-,9-/m0/s1. The van der Waals surface area contributed by atoms with Crippen LogP contribution in [0.1, 0.15) is 46.8 Å². The Morgan fingerprint density at radius 3 is 2.86 bits per heavy atom. The average Bonchev–Trinajstić information content (AvgIpc) is 2.89. The molecule has 1 heterocycles. The summed E-state index contributed by atoms with van der Waals surface area (Å²) in [4.78, 5) is 36.0. The normalized spacial score (nSPS) is 18.2. The molecule has 0 fully saturated rings. The zero-order valence-corrected chi connectivity index (χ0v) is 13.5. The minimum atomic E-state index is -1.07. The number of amides is 3. The molecule has 0 unspecified atom stereocenters. The molecule has 22 heavy (non-hydrogen) atoms. The van der Waals surface area contributed by atoms with Crippen LogP contribution in [-0.2, 0) is 22.4 Å². The van der Waals surface area contributed by atoms with E-state index < -0.39 is 24.0 Å². The van der Waals surface area contributed by atoms with Crippen LogP contribution in [0, 0.1) is 5.92 Å². The first-order valence-electron chi connectivity index (χ1n) is 7.33. The van der Waals surface area contributed by atoms with E-state index in [1.54, 1.807) is 0 Å². The molecule has 2 rings (SSSR count). The topological polar surface area (TPSA) is 98.5 Å². The number of urea groups is 1. The minimum Gasteiger partial charge on any atom is -0.448 e. The van der Waals surface area contributed by atoms with Gasteiger partial charge in [0.25, 0.3) is 5.91 Å². The van der Waals surface area contributed by atoms with Crippen LogP contribution in [0.2, 0.25) is 0 Å². The Morgan fingerprint density at radius 1 is 1.50 bits per heavy atom. The van der Waals surface area contributed by atoms with E-state index in [1.165, 1.54) is 28.7 Å². The lowest BCUT2D eigenvalue weighted by Gasteiger charge is -2.19. The number of carbonyl (C=O) groups is 3. The smallest absolute Gasteiger partial charge is 0.349 e. The molecular formula is C15H20N2O4S. The minimum absolute atomic E-state index is 0.500. The van der Waals surface area contributed by atoms with Crippen molar-refractivity contribution in [1.29, 1.82) is 0 Å². The summed E-state index contributed by atoms with van der Waals surface area (Å²) in [6.07, 6.45) is 3.20. The number of aryl methyl sites for hydroxylation is 1. The summed E-state index contributed by atoms with van der Waals surface area (Å²) in [6.45, 7) is 3.58. The molecule has 1 aromatic heterocycles. The van der Waals surface area contributed by atoms with Gasteiger partial charge in [0.2, 0.25) is 0 Å². The fraction of sp³-hybridized carbons (Fsp3) is 0.533. The van der Waals surface area contributed by atoms with Gasteiger partial charge < -0.3 is 10.5 Å². The maximum absolute atomic E-state index is 12.1. The molecular weight excluding hydrogens is 304 g/mol. The Kier molecular flexibility index (Phi) is 5.18. The largest absolute Gasteiger partial charge is 0.448 e. The molecule has 0 spiro atoms. The molecule has 0 radical (unpaired) electrons. The van der Waals surface area contributed by atoms with Crippen molar-refractivity contribution in [3.05, 3.63) is 21.4 Å². The first kappa shape index (κ1) is 16.5. The summed E-state index contributed by atoms with van der Waals surface area (Å²) in [6, 6.07) is 0.896. The molecule has 0 aromatic carbocycles. The molecule has 0 saturated heterocycles. The van der Waals surface area contributed by atoms with Gasteiger partial charge in [0.05, 0.1) is 0 Å². The fourth-order valence-electron chi connectivity index (χ4n) is 2.54. The Balaban J connectivity index is 2.00. The number of thiophene rings is 1. The van der Waals surface area contributed by atoms with E-state index >= 15 is 0 Å². The van der Waals surface area contributed by atoms with E-state index in [4.69, 9.17) is 10.5 Å². The second kappa shape index (κ2) is 6.91. The van der Waals surface area contributed by atoms with Crippen LogP contribution in [0.4, 0.5) is 4.79 Å². The van der Waals surface area contributed by atoms with Crippen molar-refractivity contribution in [2.45, 2.75) is 45.6 Å². The van der Waals surface area contributed by atoms with Crippen LogP contribution >= 0.6 is 11.3 Å². The van der Waals surface area contributed by atoms with Crippen molar-refractivity contribution < 1.29 is 19.1 Å². The molecule has 0 saturated carbocycles. The SMILES string of the molecule is CC[C@H]1CCc2sc(C(=O)O[C@@H](C)C(=O)NC(N)=O)cc2C1. The van der Waals surface area contributed by atoms with Crippen molar-refractivity contribution >= 4 is 29.2 Å². The number of primary amides is 1. The lowest BCUT2D eigenvalue weighted by molar-refractivity contribution is -0.127. The number of imide groups is 1. The highest BCUT2D eigenvalue weighted by molar-refractivity contribution is 7.14. The molecule has 120 valence electrons. The summed E-state index contributed by atoms with van der Waals surface area (Å²) in [5.41, 5.74) is 6.07. The molecule has 6 nitrogen and oxygen atoms in total. The summed E-state index contributed by atoms with van der Waals surface area (Å²) < 4.78 is 5.08. The Morgan fingerprint density at radius 2 is 2.23 bits per heavy atom. The van der Waals surface area contributed by atoms with E-state index in [0.717, 1.165) is 25.7 Å². The van der Waals surface area contributed by atoms with Gasteiger partial charge in [-0.05, 0) is 43.7 Å². The van der Waals surface area contributed by atoms with Crippen molar-refractivity contribution in [2.75, 3.05) is 0 Å². The summed E-state index contributed by atoms with van der Waals surface area (Å²) in [5.74, 6) is -0.598. The highest BCUT2D eigenvalue weighted by atomic mass is 32.1. The van der Waals surface area contributed by atoms with Crippen molar-refractivity contribution in [3.63, 3.8) is 0 Å². The molecule has 3 N–H and O–H groups in total. The Labute approximate surface area is 133 Å². The molecule has 0 aliphatic heterocycles. The second-order valence-corrected chi connectivity index (χ2v) is 6.61. The van der Waals surface area contributed by atoms with Gasteiger partial charge in [-0.15, -0.1) is 11.3 Å². The number of nitrogens with one attached hydrogen (secondary N) is 1. The van der Waals surface area contributed by atoms with Crippen molar-refractivity contribution in [2.24, 2.45) is 11.7 Å². The van der Waals surface area contributed by atoms with Crippen LogP contribution in [0.25, 0.3) is 0 Å². The van der Waals surface area contributed by atoms with E-state index in [1.807, 2.05) is 11.4 Å². The number of carbonyl (C=O) groups excluding carboxylic acids is 3. The van der Waals surface area contributed by atoms with Crippen molar-refractivity contribution in [3.8, 4) is 0 Å². The molecule has 1 aliphatic carbocycles. The van der Waals surface area contributed by atoms with E-state index in [-0.39, 0.29) is 0 Å². The number of fused-ring (bicyclic) bond motifs is 1. The Hall–Kier alpha value is -1.89. The van der Waals surface area contributed by atoms with Gasteiger partial charge in [0.15, 0.2) is 6.10 Å². The summed E-state index contributed by atoms with van der Waals surface area (Å²) in [7, 11) is 0. The van der Waals surface area contributed by atoms with Gasteiger partial charge in [-0.25, -0.2) is 9.59 Å². The highest BCUT2D eigenvalue weighted by Gasteiger charge is 2.25. The molecule has 0 bridgehead atoms. The third-order valence-electron chi connectivity index (χ3n) is 3.86. The number of hydrogen-bond donors (Lipinski definition) is 2. The molecule has 7 heteroatoms. The lowest BCUT2D eigenvalue weighted by atomic mass is 9.87. The lowest BCUT2D eigenvalue weighted by Crippen LogP contribution is -2.42. The third-order valence-corrected chi connectivity index (χ3v) is 5.08. The first-order valence-corrected chi connectivity index (χ1v) is 8.15. The van der Waals surface area contributed by atoms with E-state index in [2.05, 4.69) is 6.92 Å². The van der Waals surface area contributed by atoms with Crippen molar-refractivity contribution in [1.82, 2.24) is 5.32 Å². The van der Waals surface area contributed by atoms with E-state index in [0.29, 0.717) is 10.8 Å². The zero-order chi connectivity index (χ0) is 16.3. The number of nitrogens with two attached hydrogens (primary N) is 1. The fourth-order valence-corrected chi connectivity index (χ4v) is 3.63. The first-order chi connectivity index (χ1) is 10.4. The number of esters is 1. The summed E-state index contributed by atoms with van der Waals surface area (Å²) >= 11 is 1.43. The van der Waals surface area contributed by atoms with Gasteiger partial charge in [-0.2, -0.15) is 0 Å². The predicted molar refractivity (Wildman–Crippen MR) is 82.7 cm³/mol. The van der Waals surface area contributed by atoms with Crippen LogP contribution in [-0.4, -0.2) is 24.0 Å². The average molecular weight is 324 g/mol. The number of rotatable bonds is 4. The highest BCUT2D eigenvalue weighted by Crippen LogP contribution is 2.33. The number of ether oxygens (including phenoxy) is 1.